The van der Waals surface area contributed by atoms with Crippen LogP contribution in [0.4, 0.5) is 4.39 Å². The van der Waals surface area contributed by atoms with E-state index in [1.54, 1.807) is 24.5 Å². The van der Waals surface area contributed by atoms with Crippen molar-refractivity contribution in [3.63, 3.8) is 0 Å². The number of fused-ring (bicyclic) bond motifs is 1. The smallest absolute Gasteiger partial charge is 0.223 e. The average Bonchev–Trinajstić information content (AvgIpc) is 3.31. The van der Waals surface area contributed by atoms with Crippen LogP contribution in [0.1, 0.15) is 43.4 Å². The molecule has 3 atom stereocenters. The Labute approximate surface area is 217 Å². The van der Waals surface area contributed by atoms with Gasteiger partial charge in [-0.3, -0.25) is 9.59 Å². The van der Waals surface area contributed by atoms with Gasteiger partial charge in [0.15, 0.2) is 5.78 Å². The quantitative estimate of drug-likeness (QED) is 0.528. The Morgan fingerprint density at radius 3 is 2.73 bits per heavy atom. The molecule has 2 aliphatic rings. The van der Waals surface area contributed by atoms with E-state index in [4.69, 9.17) is 9.47 Å². The summed E-state index contributed by atoms with van der Waals surface area (Å²) < 4.78 is 25.0. The van der Waals surface area contributed by atoms with Gasteiger partial charge in [-0.25, -0.2) is 4.39 Å². The number of Topliss-reactive ketones (excluding diaryl/α,β-unsaturated/α-hetero) is 1. The minimum absolute atomic E-state index is 0.133. The summed E-state index contributed by atoms with van der Waals surface area (Å²) in [7, 11) is 1.52. The Hall–Kier alpha value is -3.45. The molecule has 3 unspecified atom stereocenters. The van der Waals surface area contributed by atoms with Crippen LogP contribution in [0.5, 0.6) is 5.75 Å². The van der Waals surface area contributed by atoms with Gasteiger partial charge in [0, 0.05) is 17.6 Å². The Kier molecular flexibility index (Phi) is 7.55. The lowest BCUT2D eigenvalue weighted by Gasteiger charge is -2.38. The first-order valence-electron chi connectivity index (χ1n) is 12.5. The lowest BCUT2D eigenvalue weighted by molar-refractivity contribution is -0.132. The predicted molar refractivity (Wildman–Crippen MR) is 139 cm³/mol. The second-order valence-electron chi connectivity index (χ2n) is 10.7. The average molecular weight is 508 g/mol. The zero-order valence-electron chi connectivity index (χ0n) is 21.7. The first-order valence-corrected chi connectivity index (χ1v) is 12.5. The Morgan fingerprint density at radius 2 is 2.00 bits per heavy atom. The van der Waals surface area contributed by atoms with Crippen molar-refractivity contribution in [2.24, 2.45) is 5.92 Å². The van der Waals surface area contributed by atoms with Crippen LogP contribution in [0.2, 0.25) is 0 Å². The van der Waals surface area contributed by atoms with Gasteiger partial charge in [-0.1, -0.05) is 50.3 Å². The number of rotatable bonds is 9. The maximum Gasteiger partial charge on any atom is 0.223 e. The van der Waals surface area contributed by atoms with Crippen LogP contribution in [0.3, 0.4) is 0 Å². The van der Waals surface area contributed by atoms with Gasteiger partial charge in [0.1, 0.15) is 24.2 Å². The van der Waals surface area contributed by atoms with Crippen molar-refractivity contribution < 1.29 is 28.6 Å². The molecule has 1 heterocycles. The fourth-order valence-corrected chi connectivity index (χ4v) is 5.46. The molecular weight excluding hydrogens is 473 g/mol. The number of halogens is 1. The summed E-state index contributed by atoms with van der Waals surface area (Å²) in [5.74, 6) is -0.856. The van der Waals surface area contributed by atoms with Crippen LogP contribution >= 0.6 is 0 Å². The molecule has 196 valence electrons. The van der Waals surface area contributed by atoms with E-state index in [1.165, 1.54) is 19.2 Å². The van der Waals surface area contributed by atoms with Gasteiger partial charge in [0.05, 0.1) is 31.3 Å². The molecule has 6 nitrogen and oxygen atoms in total. The van der Waals surface area contributed by atoms with Gasteiger partial charge < -0.3 is 19.9 Å². The van der Waals surface area contributed by atoms with E-state index in [0.717, 1.165) is 16.7 Å². The number of ether oxygens (including phenoxy) is 2. The second-order valence-corrected chi connectivity index (χ2v) is 10.7. The molecular formula is C30H34FNO5. The minimum atomic E-state index is -1.49. The highest BCUT2D eigenvalue weighted by Crippen LogP contribution is 2.40. The van der Waals surface area contributed by atoms with Crippen LogP contribution in [-0.4, -0.2) is 42.2 Å². The van der Waals surface area contributed by atoms with Crippen LogP contribution < -0.4 is 10.1 Å². The number of amides is 1. The number of nitrogens with one attached hydrogen (secondary N) is 1. The van der Waals surface area contributed by atoms with Gasteiger partial charge in [0.25, 0.3) is 0 Å². The topological polar surface area (TPSA) is 84.9 Å². The molecule has 2 N–H and O–H groups in total. The number of aliphatic hydroxyl groups is 1. The fourth-order valence-electron chi connectivity index (χ4n) is 5.46. The molecule has 1 aliphatic heterocycles. The van der Waals surface area contributed by atoms with Crippen molar-refractivity contribution >= 4 is 11.7 Å². The number of methoxy groups -OCH3 is 1. The number of allylic oxidation sites excluding steroid dienone is 1. The Bertz CT molecular complexity index is 1250. The fraction of sp³-hybridized carbons (Fsp3) is 0.400. The molecule has 4 rings (SSSR count). The maximum absolute atomic E-state index is 14.2. The number of benzene rings is 2. The van der Waals surface area contributed by atoms with E-state index in [-0.39, 0.29) is 37.6 Å². The van der Waals surface area contributed by atoms with Crippen molar-refractivity contribution in [1.29, 1.82) is 0 Å². The summed E-state index contributed by atoms with van der Waals surface area (Å²) in [4.78, 5) is 26.1. The van der Waals surface area contributed by atoms with Crippen molar-refractivity contribution in [3.8, 4) is 5.75 Å². The molecule has 0 saturated carbocycles. The van der Waals surface area contributed by atoms with Gasteiger partial charge >= 0.3 is 0 Å². The summed E-state index contributed by atoms with van der Waals surface area (Å²) in [5.41, 5.74) is 1.08. The zero-order chi connectivity index (χ0) is 26.8. The monoisotopic (exact) mass is 507 g/mol. The first kappa shape index (κ1) is 26.6. The van der Waals surface area contributed by atoms with Crippen molar-refractivity contribution in [1.82, 2.24) is 5.32 Å². The summed E-state index contributed by atoms with van der Waals surface area (Å²) >= 11 is 0. The highest BCUT2D eigenvalue weighted by atomic mass is 19.1. The van der Waals surface area contributed by atoms with Crippen LogP contribution in [-0.2, 0) is 26.2 Å². The van der Waals surface area contributed by atoms with E-state index in [0.29, 0.717) is 11.3 Å². The molecule has 1 aliphatic carbocycles. The van der Waals surface area contributed by atoms with Crippen LogP contribution in [0.25, 0.3) is 0 Å². The summed E-state index contributed by atoms with van der Waals surface area (Å²) in [6.07, 6.45) is 5.15. The lowest BCUT2D eigenvalue weighted by Crippen LogP contribution is -2.48. The molecule has 7 heteroatoms. The molecule has 0 radical (unpaired) electrons. The third kappa shape index (κ3) is 5.93. The standard InChI is InChI=1S/C30H34FNO5/c1-19-7-5-6-8-20(19)14-30(35,18-29(2,3)24-13-22(31)10-12-26(24)36-4)15-27(33)32-25-11-9-21-16-37-17-23(21)28(25)34/h5-13,16,23,25,35H,14-15,17-18H2,1-4H3,(H,32,33). The molecule has 0 spiro atoms. The van der Waals surface area contributed by atoms with E-state index in [9.17, 15) is 19.1 Å². The minimum Gasteiger partial charge on any atom is -0.500 e. The van der Waals surface area contributed by atoms with Gasteiger partial charge in [-0.15, -0.1) is 0 Å². The van der Waals surface area contributed by atoms with E-state index < -0.39 is 28.8 Å². The third-order valence-corrected chi connectivity index (χ3v) is 7.26. The SMILES string of the molecule is COc1ccc(F)cc1C(C)(C)CC(O)(CC(=O)NC1C=CC2=COCC2C1=O)Cc1ccccc1C. The van der Waals surface area contributed by atoms with E-state index >= 15 is 0 Å². The molecule has 2 aromatic carbocycles. The second kappa shape index (κ2) is 10.5. The molecule has 2 aromatic rings. The number of hydrogen-bond acceptors (Lipinski definition) is 5. The zero-order valence-corrected chi connectivity index (χ0v) is 21.7. The van der Waals surface area contributed by atoms with Crippen molar-refractivity contribution in [2.45, 2.75) is 57.1 Å². The lowest BCUT2D eigenvalue weighted by atomic mass is 9.71. The molecule has 0 fully saturated rings. The van der Waals surface area contributed by atoms with Crippen molar-refractivity contribution in [2.75, 3.05) is 13.7 Å². The summed E-state index contributed by atoms with van der Waals surface area (Å²) in [5, 5.41) is 14.8. The van der Waals surface area contributed by atoms with Gasteiger partial charge in [-0.2, -0.15) is 0 Å². The summed E-state index contributed by atoms with van der Waals surface area (Å²) in [6, 6.07) is 11.2. The number of hydrogen-bond donors (Lipinski definition) is 2. The molecule has 1 amide bonds. The maximum atomic E-state index is 14.2. The number of aryl methyl sites for hydroxylation is 1. The molecule has 0 bridgehead atoms. The van der Waals surface area contributed by atoms with E-state index in [1.807, 2.05) is 45.0 Å². The molecule has 0 aromatic heterocycles. The highest BCUT2D eigenvalue weighted by Gasteiger charge is 2.41. The number of ketones is 1. The number of carbonyl (C=O) groups is 2. The molecule has 0 saturated heterocycles. The van der Waals surface area contributed by atoms with Crippen LogP contribution in [0, 0.1) is 18.7 Å². The van der Waals surface area contributed by atoms with Crippen LogP contribution in [0.15, 0.2) is 66.5 Å². The number of carbonyl (C=O) groups excluding carboxylic acids is 2. The van der Waals surface area contributed by atoms with Gasteiger partial charge in [0.2, 0.25) is 5.91 Å². The highest BCUT2D eigenvalue weighted by molar-refractivity contribution is 5.96. The largest absolute Gasteiger partial charge is 0.500 e. The van der Waals surface area contributed by atoms with E-state index in [2.05, 4.69) is 5.32 Å². The van der Waals surface area contributed by atoms with Gasteiger partial charge in [-0.05, 0) is 48.1 Å². The Balaban J connectivity index is 1.60. The Morgan fingerprint density at radius 1 is 1.24 bits per heavy atom. The summed E-state index contributed by atoms with van der Waals surface area (Å²) in [6.45, 7) is 6.02. The third-order valence-electron chi connectivity index (χ3n) is 7.26. The normalized spacial score (nSPS) is 20.5. The molecule has 37 heavy (non-hydrogen) atoms. The van der Waals surface area contributed by atoms with Crippen molar-refractivity contribution in [3.05, 3.63) is 89.0 Å². The first-order chi connectivity index (χ1) is 17.5. The predicted octanol–water partition coefficient (Wildman–Crippen LogP) is 4.33.